The van der Waals surface area contributed by atoms with Crippen molar-refractivity contribution in [3.05, 3.63) is 29.1 Å². The zero-order valence-corrected chi connectivity index (χ0v) is 15.0. The molecule has 0 bridgehead atoms. The van der Waals surface area contributed by atoms with Crippen LogP contribution < -0.4 is 4.18 Å². The van der Waals surface area contributed by atoms with Gasteiger partial charge in [0, 0.05) is 17.8 Å². The maximum Gasteiger partial charge on any atom is 0.534 e. The summed E-state index contributed by atoms with van der Waals surface area (Å²) in [5.41, 5.74) is -6.28. The van der Waals surface area contributed by atoms with Crippen LogP contribution in [0.1, 0.15) is 21.6 Å². The second kappa shape index (κ2) is 7.06. The van der Waals surface area contributed by atoms with Gasteiger partial charge in [-0.3, -0.25) is 4.79 Å². The number of fused-ring (bicyclic) bond motifs is 1. The van der Waals surface area contributed by atoms with Gasteiger partial charge in [-0.2, -0.15) is 26.7 Å². The number of alkyl halides is 3. The molecule has 2 rings (SSSR count). The lowest BCUT2D eigenvalue weighted by Crippen LogP contribution is -2.29. The Balaban J connectivity index is 2.77. The second-order valence-electron chi connectivity index (χ2n) is 5.21. The molecule has 148 valence electrons. The first kappa shape index (κ1) is 20.5. The summed E-state index contributed by atoms with van der Waals surface area (Å²) < 4.78 is 75.5. The fourth-order valence-corrected chi connectivity index (χ4v) is 2.65. The van der Waals surface area contributed by atoms with Crippen LogP contribution in [-0.2, 0) is 30.8 Å². The highest BCUT2D eigenvalue weighted by molar-refractivity contribution is 7.88. The van der Waals surface area contributed by atoms with Crippen molar-refractivity contribution in [2.75, 3.05) is 14.2 Å². The van der Waals surface area contributed by atoms with Crippen LogP contribution in [0.2, 0.25) is 0 Å². The molecule has 0 saturated heterocycles. The molecule has 0 aliphatic rings. The SMILES string of the molecule is COC(=O)Cc1c(C)cn2nc(C(=O)OC)cc2c1OS(=O)(=O)C(F)(F)F. The summed E-state index contributed by atoms with van der Waals surface area (Å²) >= 11 is 0. The lowest BCUT2D eigenvalue weighted by molar-refractivity contribution is -0.139. The highest BCUT2D eigenvalue weighted by Gasteiger charge is 2.49. The van der Waals surface area contributed by atoms with Crippen molar-refractivity contribution in [1.82, 2.24) is 9.61 Å². The predicted octanol–water partition coefficient (Wildman–Crippen LogP) is 1.37. The van der Waals surface area contributed by atoms with Crippen LogP contribution in [0.4, 0.5) is 13.2 Å². The van der Waals surface area contributed by atoms with E-state index in [0.29, 0.717) is 0 Å². The van der Waals surface area contributed by atoms with Crippen LogP contribution >= 0.6 is 0 Å². The minimum atomic E-state index is -6.05. The number of pyridine rings is 1. The molecule has 13 heteroatoms. The number of aryl methyl sites for hydroxylation is 1. The third-order valence-electron chi connectivity index (χ3n) is 3.45. The third kappa shape index (κ3) is 3.97. The molecule has 0 fully saturated rings. The number of ether oxygens (including phenoxy) is 2. The van der Waals surface area contributed by atoms with Gasteiger partial charge in [-0.05, 0) is 12.5 Å². The fraction of sp³-hybridized carbons (Fsp3) is 0.357. The summed E-state index contributed by atoms with van der Waals surface area (Å²) in [5, 5.41) is 3.81. The summed E-state index contributed by atoms with van der Waals surface area (Å²) in [7, 11) is -3.94. The van der Waals surface area contributed by atoms with E-state index in [1.807, 2.05) is 0 Å². The molecule has 0 saturated carbocycles. The number of aromatic nitrogens is 2. The van der Waals surface area contributed by atoms with Gasteiger partial charge in [-0.1, -0.05) is 0 Å². The average Bonchev–Trinajstić information content (AvgIpc) is 2.99. The van der Waals surface area contributed by atoms with Crippen molar-refractivity contribution in [2.45, 2.75) is 18.9 Å². The normalized spacial score (nSPS) is 12.1. The first-order valence-electron chi connectivity index (χ1n) is 7.09. The number of nitrogens with zero attached hydrogens (tertiary/aromatic N) is 2. The molecule has 2 heterocycles. The predicted molar refractivity (Wildman–Crippen MR) is 82.6 cm³/mol. The average molecular weight is 410 g/mol. The number of halogens is 3. The van der Waals surface area contributed by atoms with Crippen molar-refractivity contribution in [1.29, 1.82) is 0 Å². The molecular weight excluding hydrogens is 397 g/mol. The van der Waals surface area contributed by atoms with E-state index in [1.54, 1.807) is 0 Å². The summed E-state index contributed by atoms with van der Waals surface area (Å²) in [6.45, 7) is 1.39. The Kier molecular flexibility index (Phi) is 5.35. The Morgan fingerprint density at radius 3 is 2.37 bits per heavy atom. The number of rotatable bonds is 5. The van der Waals surface area contributed by atoms with E-state index in [2.05, 4.69) is 18.8 Å². The van der Waals surface area contributed by atoms with E-state index < -0.39 is 39.7 Å². The molecule has 0 atom stereocenters. The third-order valence-corrected chi connectivity index (χ3v) is 4.41. The van der Waals surface area contributed by atoms with E-state index in [4.69, 9.17) is 0 Å². The molecular formula is C14H13F3N2O7S. The Morgan fingerprint density at radius 2 is 1.85 bits per heavy atom. The van der Waals surface area contributed by atoms with Crippen molar-refractivity contribution in [2.24, 2.45) is 0 Å². The molecule has 27 heavy (non-hydrogen) atoms. The van der Waals surface area contributed by atoms with Crippen molar-refractivity contribution in [3.8, 4) is 5.75 Å². The summed E-state index contributed by atoms with van der Waals surface area (Å²) in [6, 6.07) is 0.979. The molecule has 0 spiro atoms. The van der Waals surface area contributed by atoms with Crippen molar-refractivity contribution in [3.63, 3.8) is 0 Å². The van der Waals surface area contributed by atoms with Gasteiger partial charge in [0.05, 0.1) is 20.6 Å². The van der Waals surface area contributed by atoms with Crippen LogP contribution in [0, 0.1) is 6.92 Å². The van der Waals surface area contributed by atoms with Crippen LogP contribution in [0.3, 0.4) is 0 Å². The van der Waals surface area contributed by atoms with Crippen LogP contribution in [0.5, 0.6) is 5.75 Å². The summed E-state index contributed by atoms with van der Waals surface area (Å²) in [5.74, 6) is -2.54. The molecule has 0 aliphatic carbocycles. The van der Waals surface area contributed by atoms with Crippen molar-refractivity contribution >= 4 is 27.6 Å². The van der Waals surface area contributed by atoms with Crippen LogP contribution in [0.25, 0.3) is 5.52 Å². The molecule has 2 aromatic rings. The van der Waals surface area contributed by atoms with Gasteiger partial charge in [0.25, 0.3) is 0 Å². The van der Waals surface area contributed by atoms with E-state index in [1.165, 1.54) is 13.1 Å². The molecule has 0 aliphatic heterocycles. The number of hydrogen-bond acceptors (Lipinski definition) is 8. The highest BCUT2D eigenvalue weighted by atomic mass is 32.2. The van der Waals surface area contributed by atoms with E-state index in [9.17, 15) is 31.2 Å². The Labute approximate surface area is 150 Å². The van der Waals surface area contributed by atoms with Gasteiger partial charge in [0.15, 0.2) is 11.4 Å². The summed E-state index contributed by atoms with van der Waals surface area (Å²) in [6.07, 6.45) is 0.716. The molecule has 0 aromatic carbocycles. The Morgan fingerprint density at radius 1 is 1.22 bits per heavy atom. The maximum absolute atomic E-state index is 12.8. The lowest BCUT2D eigenvalue weighted by Gasteiger charge is -2.15. The Bertz CT molecular complexity index is 1010. The van der Waals surface area contributed by atoms with E-state index in [0.717, 1.165) is 24.8 Å². The number of carbonyl (C=O) groups excluding carboxylic acids is 2. The molecule has 0 radical (unpaired) electrons. The smallest absolute Gasteiger partial charge is 0.469 e. The van der Waals surface area contributed by atoms with Crippen LogP contribution in [-0.4, -0.2) is 49.7 Å². The monoisotopic (exact) mass is 410 g/mol. The second-order valence-corrected chi connectivity index (χ2v) is 6.74. The Hall–Kier alpha value is -2.83. The zero-order valence-electron chi connectivity index (χ0n) is 14.2. The number of carbonyl (C=O) groups is 2. The van der Waals surface area contributed by atoms with Gasteiger partial charge < -0.3 is 13.7 Å². The lowest BCUT2D eigenvalue weighted by atomic mass is 10.1. The molecule has 0 N–H and O–H groups in total. The van der Waals surface area contributed by atoms with E-state index in [-0.39, 0.29) is 22.3 Å². The summed E-state index contributed by atoms with van der Waals surface area (Å²) in [4.78, 5) is 23.2. The fourth-order valence-electron chi connectivity index (χ4n) is 2.15. The molecule has 0 amide bonds. The van der Waals surface area contributed by atoms with Gasteiger partial charge >= 0.3 is 27.6 Å². The minimum absolute atomic E-state index is 0.168. The van der Waals surface area contributed by atoms with Gasteiger partial charge in [-0.25, -0.2) is 9.31 Å². The quantitative estimate of drug-likeness (QED) is 0.413. The number of hydrogen-bond donors (Lipinski definition) is 0. The van der Waals surface area contributed by atoms with Crippen LogP contribution in [0.15, 0.2) is 12.3 Å². The molecule has 0 unspecified atom stereocenters. The maximum atomic E-state index is 12.8. The van der Waals surface area contributed by atoms with E-state index >= 15 is 0 Å². The first-order valence-corrected chi connectivity index (χ1v) is 8.49. The molecule has 2 aromatic heterocycles. The van der Waals surface area contributed by atoms with Gasteiger partial charge in [0.1, 0.15) is 5.52 Å². The number of methoxy groups -OCH3 is 2. The molecule has 9 nitrogen and oxygen atoms in total. The van der Waals surface area contributed by atoms with Crippen molar-refractivity contribution < 1.29 is 44.8 Å². The first-order chi connectivity index (χ1) is 12.4. The largest absolute Gasteiger partial charge is 0.534 e. The van der Waals surface area contributed by atoms with Gasteiger partial charge in [0.2, 0.25) is 0 Å². The zero-order chi connectivity index (χ0) is 20.6. The highest BCUT2D eigenvalue weighted by Crippen LogP contribution is 2.34. The number of esters is 2. The minimum Gasteiger partial charge on any atom is -0.469 e. The topological polar surface area (TPSA) is 113 Å². The van der Waals surface area contributed by atoms with Gasteiger partial charge in [-0.15, -0.1) is 0 Å². The standard InChI is InChI=1S/C14H13F3N2O7S/c1-7-6-19-10(5-9(18-19)13(21)25-3)12(8(7)4-11(20)24-2)26-27(22,23)14(15,16)17/h5-6H,4H2,1-3H3.